The molecular formula is C6H5N3O2. The molecule has 5 heteroatoms. The highest BCUT2D eigenvalue weighted by Crippen LogP contribution is 1.98. The van der Waals surface area contributed by atoms with Crippen LogP contribution in [0.15, 0.2) is 6.07 Å². The molecule has 0 unspecified atom stereocenters. The van der Waals surface area contributed by atoms with Crippen LogP contribution < -0.4 is 0 Å². The van der Waals surface area contributed by atoms with Crippen LogP contribution in [0.1, 0.15) is 11.4 Å². The van der Waals surface area contributed by atoms with Crippen LogP contribution in [-0.4, -0.2) is 21.3 Å². The predicted octanol–water partition coefficient (Wildman–Crippen LogP) is -0.0915. The lowest BCUT2D eigenvalue weighted by molar-refractivity contribution is -0.136. The summed E-state index contributed by atoms with van der Waals surface area (Å²) in [5, 5.41) is 22.6. The fourth-order valence-corrected chi connectivity index (χ4v) is 0.672. The zero-order valence-electron chi connectivity index (χ0n) is 5.53. The normalized spacial score (nSPS) is 9.00. The third-order valence-corrected chi connectivity index (χ3v) is 1.09. The fraction of sp³-hybridized carbons (Fsp3) is 0.167. The molecule has 0 atom stereocenters. The van der Waals surface area contributed by atoms with E-state index in [0.29, 0.717) is 5.69 Å². The van der Waals surface area contributed by atoms with Gasteiger partial charge in [0.05, 0.1) is 6.42 Å². The Morgan fingerprint density at radius 1 is 1.91 bits per heavy atom. The van der Waals surface area contributed by atoms with Gasteiger partial charge in [0.15, 0.2) is 5.69 Å². The Bertz CT molecular complexity index is 310. The van der Waals surface area contributed by atoms with Crippen LogP contribution in [0, 0.1) is 11.3 Å². The maximum atomic E-state index is 10.1. The highest BCUT2D eigenvalue weighted by molar-refractivity contribution is 5.69. The molecule has 56 valence electrons. The van der Waals surface area contributed by atoms with Crippen molar-refractivity contribution in [1.29, 1.82) is 5.26 Å². The Labute approximate surface area is 62.3 Å². The molecule has 1 heterocycles. The van der Waals surface area contributed by atoms with Gasteiger partial charge in [-0.1, -0.05) is 0 Å². The molecule has 0 radical (unpaired) electrons. The third kappa shape index (κ3) is 1.79. The monoisotopic (exact) mass is 151 g/mol. The first kappa shape index (κ1) is 7.28. The standard InChI is InChI=1S/C6H5N3O2/c7-3-5-1-4(8-9-5)2-6(10)11/h1H,2H2,(H,8,9)(H,10,11). The number of carboxylic acids is 1. The molecule has 0 fully saturated rings. The molecule has 0 spiro atoms. The zero-order valence-corrected chi connectivity index (χ0v) is 5.53. The molecule has 1 aromatic heterocycles. The van der Waals surface area contributed by atoms with Gasteiger partial charge >= 0.3 is 5.97 Å². The van der Waals surface area contributed by atoms with E-state index in [9.17, 15) is 4.79 Å². The van der Waals surface area contributed by atoms with Crippen LogP contribution in [0.5, 0.6) is 0 Å². The predicted molar refractivity (Wildman–Crippen MR) is 34.6 cm³/mol. The van der Waals surface area contributed by atoms with Gasteiger partial charge in [-0.3, -0.25) is 9.89 Å². The second-order valence-electron chi connectivity index (χ2n) is 1.96. The molecule has 0 amide bonds. The molecule has 0 aliphatic heterocycles. The molecule has 0 bridgehead atoms. The molecule has 0 aromatic carbocycles. The van der Waals surface area contributed by atoms with E-state index in [4.69, 9.17) is 10.4 Å². The summed E-state index contributed by atoms with van der Waals surface area (Å²) in [7, 11) is 0. The number of rotatable bonds is 2. The van der Waals surface area contributed by atoms with Crippen LogP contribution in [0.4, 0.5) is 0 Å². The minimum Gasteiger partial charge on any atom is -0.481 e. The van der Waals surface area contributed by atoms with E-state index < -0.39 is 5.97 Å². The minimum atomic E-state index is -0.946. The van der Waals surface area contributed by atoms with E-state index in [0.717, 1.165) is 0 Å². The van der Waals surface area contributed by atoms with E-state index in [2.05, 4.69) is 10.2 Å². The molecule has 1 aromatic rings. The van der Waals surface area contributed by atoms with Crippen molar-refractivity contribution in [3.05, 3.63) is 17.5 Å². The molecule has 0 aliphatic rings. The van der Waals surface area contributed by atoms with Crippen LogP contribution in [-0.2, 0) is 11.2 Å². The number of aliphatic carboxylic acids is 1. The second kappa shape index (κ2) is 2.84. The van der Waals surface area contributed by atoms with Gasteiger partial charge in [0.25, 0.3) is 0 Å². The maximum Gasteiger partial charge on any atom is 0.309 e. The van der Waals surface area contributed by atoms with Crippen LogP contribution in [0.2, 0.25) is 0 Å². The molecule has 0 aliphatic carbocycles. The van der Waals surface area contributed by atoms with Gasteiger partial charge in [-0.2, -0.15) is 10.4 Å². The number of nitrogens with one attached hydrogen (secondary N) is 1. The van der Waals surface area contributed by atoms with Crippen molar-refractivity contribution >= 4 is 5.97 Å². The number of aromatic nitrogens is 2. The maximum absolute atomic E-state index is 10.1. The highest BCUT2D eigenvalue weighted by atomic mass is 16.4. The Morgan fingerprint density at radius 3 is 3.09 bits per heavy atom. The summed E-state index contributed by atoms with van der Waals surface area (Å²) in [6.45, 7) is 0. The van der Waals surface area contributed by atoms with Crippen molar-refractivity contribution in [2.24, 2.45) is 0 Å². The SMILES string of the molecule is N#Cc1cc(CC(=O)O)[nH]n1. The lowest BCUT2D eigenvalue weighted by Gasteiger charge is -1.85. The second-order valence-corrected chi connectivity index (χ2v) is 1.96. The summed E-state index contributed by atoms with van der Waals surface area (Å²) in [6.07, 6.45) is -0.130. The van der Waals surface area contributed by atoms with Crippen molar-refractivity contribution in [2.45, 2.75) is 6.42 Å². The third-order valence-electron chi connectivity index (χ3n) is 1.09. The lowest BCUT2D eigenvalue weighted by atomic mass is 10.3. The Balaban J connectivity index is 2.75. The average Bonchev–Trinajstić information content (AvgIpc) is 2.34. The van der Waals surface area contributed by atoms with Crippen LogP contribution in [0.3, 0.4) is 0 Å². The first-order chi connectivity index (χ1) is 5.22. The summed E-state index contributed by atoms with van der Waals surface area (Å²) in [4.78, 5) is 10.1. The number of aromatic amines is 1. The van der Waals surface area contributed by atoms with Gasteiger partial charge in [-0.05, 0) is 6.07 Å². The zero-order chi connectivity index (χ0) is 8.27. The Hall–Kier alpha value is -1.83. The summed E-state index contributed by atoms with van der Waals surface area (Å²) in [5.74, 6) is -0.946. The average molecular weight is 151 g/mol. The number of hydrogen-bond acceptors (Lipinski definition) is 3. The molecular weight excluding hydrogens is 146 g/mol. The number of carboxylic acid groups (broad SMARTS) is 1. The van der Waals surface area contributed by atoms with Gasteiger partial charge in [-0.15, -0.1) is 0 Å². The number of H-pyrrole nitrogens is 1. The molecule has 2 N–H and O–H groups in total. The van der Waals surface area contributed by atoms with Gasteiger partial charge in [0.1, 0.15) is 6.07 Å². The largest absolute Gasteiger partial charge is 0.481 e. The van der Waals surface area contributed by atoms with Crippen molar-refractivity contribution in [3.8, 4) is 6.07 Å². The number of hydrogen-bond donors (Lipinski definition) is 2. The van der Waals surface area contributed by atoms with E-state index in [-0.39, 0.29) is 12.1 Å². The molecule has 11 heavy (non-hydrogen) atoms. The fourth-order valence-electron chi connectivity index (χ4n) is 0.672. The smallest absolute Gasteiger partial charge is 0.309 e. The lowest BCUT2D eigenvalue weighted by Crippen LogP contribution is -1.99. The Kier molecular flexibility index (Phi) is 1.88. The molecule has 1 rings (SSSR count). The summed E-state index contributed by atoms with van der Waals surface area (Å²) in [5.41, 5.74) is 0.648. The van der Waals surface area contributed by atoms with E-state index in [1.807, 2.05) is 0 Å². The molecule has 0 saturated heterocycles. The van der Waals surface area contributed by atoms with Gasteiger partial charge in [0, 0.05) is 5.69 Å². The highest BCUT2D eigenvalue weighted by Gasteiger charge is 2.03. The number of nitrogens with zero attached hydrogens (tertiary/aromatic N) is 2. The van der Waals surface area contributed by atoms with Gasteiger partial charge in [-0.25, -0.2) is 0 Å². The van der Waals surface area contributed by atoms with Gasteiger partial charge in [0.2, 0.25) is 0 Å². The summed E-state index contributed by atoms with van der Waals surface area (Å²) < 4.78 is 0. The van der Waals surface area contributed by atoms with Crippen LogP contribution in [0.25, 0.3) is 0 Å². The quantitative estimate of drug-likeness (QED) is 0.618. The summed E-state index contributed by atoms with van der Waals surface area (Å²) >= 11 is 0. The van der Waals surface area contributed by atoms with E-state index in [1.165, 1.54) is 6.07 Å². The number of nitriles is 1. The molecule has 0 saturated carbocycles. The van der Waals surface area contributed by atoms with Crippen LogP contribution >= 0.6 is 0 Å². The first-order valence-electron chi connectivity index (χ1n) is 2.88. The van der Waals surface area contributed by atoms with Crippen molar-refractivity contribution in [3.63, 3.8) is 0 Å². The van der Waals surface area contributed by atoms with Crippen molar-refractivity contribution < 1.29 is 9.90 Å². The van der Waals surface area contributed by atoms with E-state index >= 15 is 0 Å². The first-order valence-corrected chi connectivity index (χ1v) is 2.88. The number of carbonyl (C=O) groups is 1. The van der Waals surface area contributed by atoms with Crippen molar-refractivity contribution in [1.82, 2.24) is 10.2 Å². The van der Waals surface area contributed by atoms with Gasteiger partial charge < -0.3 is 5.11 Å². The minimum absolute atomic E-state index is 0.130. The van der Waals surface area contributed by atoms with Crippen molar-refractivity contribution in [2.75, 3.05) is 0 Å². The van der Waals surface area contributed by atoms with E-state index in [1.54, 1.807) is 6.07 Å². The molecule has 5 nitrogen and oxygen atoms in total. The topological polar surface area (TPSA) is 89.8 Å². The Morgan fingerprint density at radius 2 is 2.64 bits per heavy atom. The summed E-state index contributed by atoms with van der Waals surface area (Å²) in [6, 6.07) is 3.20.